The highest BCUT2D eigenvalue weighted by Crippen LogP contribution is 2.20. The number of nitrogens with one attached hydrogen (secondary N) is 1. The largest absolute Gasteiger partial charge is 0.507 e. The SMILES string of the molecule is CCCCC(CCC)NC(=O)c1ccc(I)c(O)c1. The number of amides is 1. The van der Waals surface area contributed by atoms with Crippen molar-refractivity contribution in [1.82, 2.24) is 5.32 Å². The summed E-state index contributed by atoms with van der Waals surface area (Å²) in [5, 5.41) is 12.7. The molecule has 1 amide bonds. The fraction of sp³-hybridized carbons (Fsp3) is 0.533. The van der Waals surface area contributed by atoms with Crippen LogP contribution < -0.4 is 5.32 Å². The van der Waals surface area contributed by atoms with Crippen LogP contribution in [-0.2, 0) is 0 Å². The van der Waals surface area contributed by atoms with Gasteiger partial charge in [0.1, 0.15) is 5.75 Å². The number of halogens is 1. The third kappa shape index (κ3) is 5.38. The average molecular weight is 375 g/mol. The highest BCUT2D eigenvalue weighted by molar-refractivity contribution is 14.1. The van der Waals surface area contributed by atoms with Gasteiger partial charge >= 0.3 is 0 Å². The Balaban J connectivity index is 2.66. The predicted molar refractivity (Wildman–Crippen MR) is 86.5 cm³/mol. The number of phenolic OH excluding ortho intramolecular Hbond substituents is 1. The van der Waals surface area contributed by atoms with Gasteiger partial charge in [-0.25, -0.2) is 0 Å². The van der Waals surface area contributed by atoms with Crippen molar-refractivity contribution < 1.29 is 9.90 Å². The lowest BCUT2D eigenvalue weighted by Crippen LogP contribution is -2.34. The molecule has 1 rings (SSSR count). The van der Waals surface area contributed by atoms with E-state index in [1.165, 1.54) is 6.07 Å². The van der Waals surface area contributed by atoms with Crippen molar-refractivity contribution in [2.75, 3.05) is 0 Å². The smallest absolute Gasteiger partial charge is 0.251 e. The summed E-state index contributed by atoms with van der Waals surface area (Å²) >= 11 is 2.04. The van der Waals surface area contributed by atoms with Gasteiger partial charge in [-0.3, -0.25) is 4.79 Å². The second-order valence-corrected chi connectivity index (χ2v) is 5.93. The molecule has 0 bridgehead atoms. The minimum atomic E-state index is -0.0961. The van der Waals surface area contributed by atoms with Gasteiger partial charge in [-0.15, -0.1) is 0 Å². The molecule has 0 radical (unpaired) electrons. The average Bonchev–Trinajstić information content (AvgIpc) is 2.39. The number of unbranched alkanes of at least 4 members (excludes halogenated alkanes) is 1. The molecule has 0 heterocycles. The number of benzene rings is 1. The Morgan fingerprint density at radius 1 is 1.32 bits per heavy atom. The minimum Gasteiger partial charge on any atom is -0.507 e. The molecule has 0 aliphatic rings. The van der Waals surface area contributed by atoms with E-state index in [2.05, 4.69) is 19.2 Å². The van der Waals surface area contributed by atoms with E-state index in [0.717, 1.165) is 35.7 Å². The molecule has 0 saturated carbocycles. The molecule has 1 unspecified atom stereocenters. The van der Waals surface area contributed by atoms with Crippen LogP contribution in [-0.4, -0.2) is 17.1 Å². The fourth-order valence-electron chi connectivity index (χ4n) is 2.01. The third-order valence-corrected chi connectivity index (χ3v) is 4.00. The van der Waals surface area contributed by atoms with Crippen LogP contribution in [0, 0.1) is 3.57 Å². The molecule has 106 valence electrons. The highest BCUT2D eigenvalue weighted by atomic mass is 127. The van der Waals surface area contributed by atoms with Crippen molar-refractivity contribution >= 4 is 28.5 Å². The molecular formula is C15H22INO2. The summed E-state index contributed by atoms with van der Waals surface area (Å²) in [6, 6.07) is 5.27. The molecule has 0 saturated heterocycles. The zero-order chi connectivity index (χ0) is 14.3. The fourth-order valence-corrected chi connectivity index (χ4v) is 2.35. The summed E-state index contributed by atoms with van der Waals surface area (Å²) in [4.78, 5) is 12.1. The topological polar surface area (TPSA) is 49.3 Å². The molecular weight excluding hydrogens is 353 g/mol. The van der Waals surface area contributed by atoms with Crippen molar-refractivity contribution in [3.8, 4) is 5.75 Å². The third-order valence-electron chi connectivity index (χ3n) is 3.09. The number of hydrogen-bond acceptors (Lipinski definition) is 2. The second-order valence-electron chi connectivity index (χ2n) is 4.77. The lowest BCUT2D eigenvalue weighted by molar-refractivity contribution is 0.0931. The first-order chi connectivity index (χ1) is 9.08. The van der Waals surface area contributed by atoms with Gasteiger partial charge < -0.3 is 10.4 Å². The molecule has 19 heavy (non-hydrogen) atoms. The van der Waals surface area contributed by atoms with Crippen LogP contribution in [0.2, 0.25) is 0 Å². The van der Waals surface area contributed by atoms with E-state index >= 15 is 0 Å². The zero-order valence-electron chi connectivity index (χ0n) is 11.6. The van der Waals surface area contributed by atoms with Gasteiger partial charge in [-0.1, -0.05) is 33.1 Å². The molecule has 1 aromatic carbocycles. The number of hydrogen-bond donors (Lipinski definition) is 2. The molecule has 0 aliphatic heterocycles. The molecule has 1 atom stereocenters. The summed E-state index contributed by atoms with van der Waals surface area (Å²) < 4.78 is 0.755. The molecule has 0 aromatic heterocycles. The van der Waals surface area contributed by atoms with E-state index in [-0.39, 0.29) is 17.7 Å². The maximum absolute atomic E-state index is 12.1. The van der Waals surface area contributed by atoms with E-state index in [9.17, 15) is 9.90 Å². The van der Waals surface area contributed by atoms with Crippen molar-refractivity contribution in [3.63, 3.8) is 0 Å². The van der Waals surface area contributed by atoms with E-state index < -0.39 is 0 Å². The normalized spacial score (nSPS) is 12.2. The van der Waals surface area contributed by atoms with E-state index in [1.54, 1.807) is 12.1 Å². The molecule has 1 aromatic rings. The van der Waals surface area contributed by atoms with Gasteiger partial charge in [-0.2, -0.15) is 0 Å². The van der Waals surface area contributed by atoms with Gasteiger partial charge in [0.05, 0.1) is 3.57 Å². The van der Waals surface area contributed by atoms with Crippen LogP contribution in [0.3, 0.4) is 0 Å². The molecule has 3 nitrogen and oxygen atoms in total. The first-order valence-corrected chi connectivity index (χ1v) is 7.95. The number of aromatic hydroxyl groups is 1. The zero-order valence-corrected chi connectivity index (χ0v) is 13.7. The van der Waals surface area contributed by atoms with Crippen molar-refractivity contribution in [2.24, 2.45) is 0 Å². The number of carbonyl (C=O) groups is 1. The van der Waals surface area contributed by atoms with Crippen LogP contribution in [0.4, 0.5) is 0 Å². The Bertz CT molecular complexity index is 421. The Labute approximate surface area is 128 Å². The summed E-state index contributed by atoms with van der Waals surface area (Å²) in [5.74, 6) is 0.0649. The van der Waals surface area contributed by atoms with Gasteiger partial charge in [0.15, 0.2) is 0 Å². The van der Waals surface area contributed by atoms with Crippen LogP contribution in [0.15, 0.2) is 18.2 Å². The molecule has 2 N–H and O–H groups in total. The summed E-state index contributed by atoms with van der Waals surface area (Å²) in [6.07, 6.45) is 5.35. The van der Waals surface area contributed by atoms with Crippen LogP contribution in [0.1, 0.15) is 56.3 Å². The maximum Gasteiger partial charge on any atom is 0.251 e. The van der Waals surface area contributed by atoms with E-state index in [0.29, 0.717) is 5.56 Å². The van der Waals surface area contributed by atoms with Crippen molar-refractivity contribution in [1.29, 1.82) is 0 Å². The van der Waals surface area contributed by atoms with Crippen LogP contribution in [0.25, 0.3) is 0 Å². The van der Waals surface area contributed by atoms with Gasteiger partial charge in [0.25, 0.3) is 5.91 Å². The Morgan fingerprint density at radius 2 is 2.05 bits per heavy atom. The van der Waals surface area contributed by atoms with E-state index in [1.807, 2.05) is 22.6 Å². The first-order valence-electron chi connectivity index (χ1n) is 6.87. The monoisotopic (exact) mass is 375 g/mol. The quantitative estimate of drug-likeness (QED) is 0.706. The summed E-state index contributed by atoms with van der Waals surface area (Å²) in [5.41, 5.74) is 0.524. The Kier molecular flexibility index (Phi) is 7.20. The van der Waals surface area contributed by atoms with Crippen molar-refractivity contribution in [3.05, 3.63) is 27.3 Å². The summed E-state index contributed by atoms with van der Waals surface area (Å²) in [7, 11) is 0. The number of carbonyl (C=O) groups excluding carboxylic acids is 1. The van der Waals surface area contributed by atoms with Crippen molar-refractivity contribution in [2.45, 2.75) is 52.0 Å². The van der Waals surface area contributed by atoms with E-state index in [4.69, 9.17) is 0 Å². The standard InChI is InChI=1S/C15H22INO2/c1-3-5-7-12(6-4-2)17-15(19)11-8-9-13(16)14(18)10-11/h8-10,12,18H,3-7H2,1-2H3,(H,17,19). The Hall–Kier alpha value is -0.780. The first kappa shape index (κ1) is 16.3. The number of phenols is 1. The summed E-state index contributed by atoms with van der Waals surface area (Å²) in [6.45, 7) is 4.28. The minimum absolute atomic E-state index is 0.0961. The van der Waals surface area contributed by atoms with Gasteiger partial charge in [-0.05, 0) is 53.6 Å². The molecule has 0 spiro atoms. The second kappa shape index (κ2) is 8.40. The van der Waals surface area contributed by atoms with Crippen LogP contribution in [0.5, 0.6) is 5.75 Å². The molecule has 4 heteroatoms. The van der Waals surface area contributed by atoms with Crippen LogP contribution >= 0.6 is 22.6 Å². The lowest BCUT2D eigenvalue weighted by Gasteiger charge is -2.18. The maximum atomic E-state index is 12.1. The van der Waals surface area contributed by atoms with Gasteiger partial charge in [0.2, 0.25) is 0 Å². The molecule has 0 aliphatic carbocycles. The Morgan fingerprint density at radius 3 is 2.63 bits per heavy atom. The molecule has 0 fully saturated rings. The highest BCUT2D eigenvalue weighted by Gasteiger charge is 2.13. The lowest BCUT2D eigenvalue weighted by atomic mass is 10.0. The number of rotatable bonds is 7. The predicted octanol–water partition coefficient (Wildman–Crippen LogP) is 4.09. The van der Waals surface area contributed by atoms with Gasteiger partial charge in [0, 0.05) is 11.6 Å².